The summed E-state index contributed by atoms with van der Waals surface area (Å²) in [6.45, 7) is 1.64. The lowest BCUT2D eigenvalue weighted by atomic mass is 10.1. The van der Waals surface area contributed by atoms with Crippen molar-refractivity contribution in [3.63, 3.8) is 0 Å². The van der Waals surface area contributed by atoms with Crippen molar-refractivity contribution >= 4 is 15.6 Å². The summed E-state index contributed by atoms with van der Waals surface area (Å²) in [7, 11) is -3.53. The monoisotopic (exact) mass is 256 g/mol. The van der Waals surface area contributed by atoms with Gasteiger partial charge in [0.25, 0.3) is 0 Å². The van der Waals surface area contributed by atoms with E-state index in [2.05, 4.69) is 0 Å². The molecule has 1 aliphatic carbocycles. The van der Waals surface area contributed by atoms with Gasteiger partial charge in [-0.05, 0) is 30.7 Å². The van der Waals surface area contributed by atoms with Crippen LogP contribution in [0.15, 0.2) is 29.2 Å². The molecule has 1 fully saturated rings. The lowest BCUT2D eigenvalue weighted by Gasteiger charge is -2.15. The molecule has 0 saturated heterocycles. The molecule has 0 spiro atoms. The van der Waals surface area contributed by atoms with E-state index in [9.17, 15) is 17.6 Å². The van der Waals surface area contributed by atoms with Crippen LogP contribution in [0.5, 0.6) is 0 Å². The largest absolute Gasteiger partial charge is 0.299 e. The molecular formula is C12H13FO3S. The van der Waals surface area contributed by atoms with E-state index >= 15 is 0 Å². The molecule has 1 aliphatic rings. The molecule has 5 heteroatoms. The van der Waals surface area contributed by atoms with Gasteiger partial charge in [0.1, 0.15) is 11.6 Å². The molecule has 1 aromatic carbocycles. The minimum absolute atomic E-state index is 0.0133. The van der Waals surface area contributed by atoms with Crippen LogP contribution >= 0.6 is 0 Å². The van der Waals surface area contributed by atoms with Crippen LogP contribution < -0.4 is 0 Å². The minimum atomic E-state index is -3.53. The second-order valence-electron chi connectivity index (χ2n) is 4.33. The number of halogens is 1. The number of benzene rings is 1. The Balaban J connectivity index is 2.37. The summed E-state index contributed by atoms with van der Waals surface area (Å²) >= 11 is 0. The molecule has 2 atom stereocenters. The first-order valence-corrected chi connectivity index (χ1v) is 7.00. The standard InChI is InChI=1S/C12H13FO3S/c1-8-11(14)6-7-12(8)17(15,16)10-4-2-9(13)3-5-10/h2-5,8,12H,6-7H2,1H3. The fraction of sp³-hybridized carbons (Fsp3) is 0.417. The Hall–Kier alpha value is -1.23. The van der Waals surface area contributed by atoms with E-state index in [4.69, 9.17) is 0 Å². The summed E-state index contributed by atoms with van der Waals surface area (Å²) in [5.41, 5.74) is 0. The van der Waals surface area contributed by atoms with E-state index in [-0.39, 0.29) is 10.7 Å². The maximum absolute atomic E-state index is 12.7. The molecule has 0 aromatic heterocycles. The zero-order valence-corrected chi connectivity index (χ0v) is 10.2. The van der Waals surface area contributed by atoms with E-state index < -0.39 is 26.8 Å². The second kappa shape index (κ2) is 4.22. The number of ketones is 1. The summed E-state index contributed by atoms with van der Waals surface area (Å²) in [4.78, 5) is 11.5. The highest BCUT2D eigenvalue weighted by molar-refractivity contribution is 7.92. The van der Waals surface area contributed by atoms with Gasteiger partial charge in [0.2, 0.25) is 0 Å². The van der Waals surface area contributed by atoms with Crippen LogP contribution in [0.4, 0.5) is 4.39 Å². The Kier molecular flexibility index (Phi) is 3.03. The maximum Gasteiger partial charge on any atom is 0.181 e. The zero-order chi connectivity index (χ0) is 12.6. The number of sulfone groups is 1. The summed E-state index contributed by atoms with van der Waals surface area (Å²) in [6.07, 6.45) is 0.673. The Morgan fingerprint density at radius 1 is 1.24 bits per heavy atom. The predicted octanol–water partition coefficient (Wildman–Crippen LogP) is 1.97. The van der Waals surface area contributed by atoms with Crippen LogP contribution in [0, 0.1) is 11.7 Å². The number of rotatable bonds is 2. The summed E-state index contributed by atoms with van der Waals surface area (Å²) in [6, 6.07) is 4.74. The Morgan fingerprint density at radius 3 is 2.29 bits per heavy atom. The third kappa shape index (κ3) is 2.11. The third-order valence-electron chi connectivity index (χ3n) is 3.28. The molecule has 0 radical (unpaired) electrons. The smallest absolute Gasteiger partial charge is 0.181 e. The van der Waals surface area contributed by atoms with Crippen molar-refractivity contribution < 1.29 is 17.6 Å². The van der Waals surface area contributed by atoms with Gasteiger partial charge in [-0.15, -0.1) is 0 Å². The highest BCUT2D eigenvalue weighted by atomic mass is 32.2. The summed E-state index contributed by atoms with van der Waals surface area (Å²) in [5, 5.41) is -0.666. The molecular weight excluding hydrogens is 243 g/mol. The number of carbonyl (C=O) groups is 1. The topological polar surface area (TPSA) is 51.2 Å². The molecule has 0 heterocycles. The molecule has 0 aliphatic heterocycles. The van der Waals surface area contributed by atoms with E-state index in [0.29, 0.717) is 12.8 Å². The Bertz CT molecular complexity index is 533. The van der Waals surface area contributed by atoms with E-state index in [1.54, 1.807) is 6.92 Å². The minimum Gasteiger partial charge on any atom is -0.299 e. The lowest BCUT2D eigenvalue weighted by molar-refractivity contribution is -0.120. The first kappa shape index (κ1) is 12.2. The Labute approximate surface area is 99.6 Å². The van der Waals surface area contributed by atoms with Crippen molar-refractivity contribution in [2.45, 2.75) is 29.9 Å². The lowest BCUT2D eigenvalue weighted by Crippen LogP contribution is -2.26. The van der Waals surface area contributed by atoms with Gasteiger partial charge < -0.3 is 0 Å². The first-order chi connectivity index (χ1) is 7.93. The van der Waals surface area contributed by atoms with E-state index in [1.165, 1.54) is 12.1 Å². The van der Waals surface area contributed by atoms with Crippen LogP contribution in [-0.4, -0.2) is 19.5 Å². The molecule has 92 valence electrons. The van der Waals surface area contributed by atoms with Gasteiger partial charge in [-0.3, -0.25) is 4.79 Å². The second-order valence-corrected chi connectivity index (χ2v) is 6.50. The number of carbonyl (C=O) groups excluding carboxylic acids is 1. The number of hydrogen-bond acceptors (Lipinski definition) is 3. The van der Waals surface area contributed by atoms with Crippen molar-refractivity contribution in [1.29, 1.82) is 0 Å². The van der Waals surface area contributed by atoms with Crippen LogP contribution in [0.1, 0.15) is 19.8 Å². The summed E-state index contributed by atoms with van der Waals surface area (Å²) < 4.78 is 37.2. The van der Waals surface area contributed by atoms with Crippen LogP contribution in [0.3, 0.4) is 0 Å². The number of hydrogen-bond donors (Lipinski definition) is 0. The first-order valence-electron chi connectivity index (χ1n) is 5.45. The fourth-order valence-electron chi connectivity index (χ4n) is 2.19. The fourth-order valence-corrected chi connectivity index (χ4v) is 4.17. The van der Waals surface area contributed by atoms with Gasteiger partial charge in [0.05, 0.1) is 10.1 Å². The molecule has 2 unspecified atom stereocenters. The maximum atomic E-state index is 12.7. The van der Waals surface area contributed by atoms with Gasteiger partial charge in [0.15, 0.2) is 9.84 Å². The molecule has 17 heavy (non-hydrogen) atoms. The van der Waals surface area contributed by atoms with Gasteiger partial charge >= 0.3 is 0 Å². The van der Waals surface area contributed by atoms with Gasteiger partial charge in [-0.25, -0.2) is 12.8 Å². The Morgan fingerprint density at radius 2 is 1.82 bits per heavy atom. The molecule has 0 bridgehead atoms. The molecule has 0 amide bonds. The third-order valence-corrected chi connectivity index (χ3v) is 5.65. The highest BCUT2D eigenvalue weighted by Gasteiger charge is 2.40. The normalized spacial score (nSPS) is 25.2. The van der Waals surface area contributed by atoms with E-state index in [1.807, 2.05) is 0 Å². The highest BCUT2D eigenvalue weighted by Crippen LogP contribution is 2.32. The van der Waals surface area contributed by atoms with Crippen molar-refractivity contribution in [3.05, 3.63) is 30.1 Å². The molecule has 2 rings (SSSR count). The summed E-state index contributed by atoms with van der Waals surface area (Å²) in [5.74, 6) is -0.953. The molecule has 1 saturated carbocycles. The predicted molar refractivity (Wildman–Crippen MR) is 60.8 cm³/mol. The molecule has 3 nitrogen and oxygen atoms in total. The average Bonchev–Trinajstić information content (AvgIpc) is 2.61. The van der Waals surface area contributed by atoms with Crippen molar-refractivity contribution in [1.82, 2.24) is 0 Å². The van der Waals surface area contributed by atoms with Crippen LogP contribution in [-0.2, 0) is 14.6 Å². The number of Topliss-reactive ketones (excluding diaryl/α,β-unsaturated/α-hetero) is 1. The van der Waals surface area contributed by atoms with Gasteiger partial charge in [-0.2, -0.15) is 0 Å². The van der Waals surface area contributed by atoms with Gasteiger partial charge in [-0.1, -0.05) is 6.92 Å². The average molecular weight is 256 g/mol. The quantitative estimate of drug-likeness (QED) is 0.760. The molecule has 0 N–H and O–H groups in total. The molecule has 1 aromatic rings. The van der Waals surface area contributed by atoms with Crippen molar-refractivity contribution in [3.8, 4) is 0 Å². The SMILES string of the molecule is CC1C(=O)CCC1S(=O)(=O)c1ccc(F)cc1. The van der Waals surface area contributed by atoms with Crippen molar-refractivity contribution in [2.75, 3.05) is 0 Å². The van der Waals surface area contributed by atoms with Crippen LogP contribution in [0.2, 0.25) is 0 Å². The van der Waals surface area contributed by atoms with Crippen molar-refractivity contribution in [2.24, 2.45) is 5.92 Å². The van der Waals surface area contributed by atoms with E-state index in [0.717, 1.165) is 12.1 Å². The van der Waals surface area contributed by atoms with Gasteiger partial charge in [0, 0.05) is 12.3 Å². The van der Waals surface area contributed by atoms with Crippen LogP contribution in [0.25, 0.3) is 0 Å². The zero-order valence-electron chi connectivity index (χ0n) is 9.39.